The number of ether oxygens (including phenoxy) is 1. The van der Waals surface area contributed by atoms with Gasteiger partial charge in [-0.05, 0) is 24.1 Å². The lowest BCUT2D eigenvalue weighted by Crippen LogP contribution is -2.46. The summed E-state index contributed by atoms with van der Waals surface area (Å²) >= 11 is 0. The monoisotopic (exact) mass is 449 g/mol. The minimum Gasteiger partial charge on any atom is -0.497 e. The molecule has 5 nitrogen and oxygen atoms in total. The van der Waals surface area contributed by atoms with Crippen molar-refractivity contribution in [1.29, 1.82) is 0 Å². The summed E-state index contributed by atoms with van der Waals surface area (Å²) in [6.07, 6.45) is 16.8. The van der Waals surface area contributed by atoms with E-state index >= 15 is 0 Å². The van der Waals surface area contributed by atoms with Crippen molar-refractivity contribution in [3.05, 3.63) is 29.8 Å². The number of carbonyl (C=O) groups is 1. The highest BCUT2D eigenvalue weighted by Crippen LogP contribution is 2.15. The van der Waals surface area contributed by atoms with Gasteiger partial charge in [-0.2, -0.15) is 0 Å². The Labute approximate surface area is 196 Å². The number of hydrogen-bond acceptors (Lipinski definition) is 4. The Hall–Kier alpha value is -1.59. The maximum Gasteiger partial charge on any atom is 0.224 e. The molecule has 1 unspecified atom stereocenters. The molecule has 2 atom stereocenters. The maximum absolute atomic E-state index is 12.3. The summed E-state index contributed by atoms with van der Waals surface area (Å²) in [7, 11) is 1.60. The SMILES string of the molecule is CCCCCCCCCCCCCCCC(O)[C@H](CO)NC(=O)Cc1ccc(OC)cc1. The van der Waals surface area contributed by atoms with Crippen LogP contribution in [0.25, 0.3) is 0 Å². The summed E-state index contributed by atoms with van der Waals surface area (Å²) in [5.41, 5.74) is 0.867. The molecule has 5 heteroatoms. The van der Waals surface area contributed by atoms with Crippen LogP contribution in [0.5, 0.6) is 5.75 Å². The predicted molar refractivity (Wildman–Crippen MR) is 132 cm³/mol. The number of aliphatic hydroxyl groups is 2. The van der Waals surface area contributed by atoms with E-state index in [2.05, 4.69) is 12.2 Å². The zero-order chi connectivity index (χ0) is 23.4. The first kappa shape index (κ1) is 28.4. The second-order valence-electron chi connectivity index (χ2n) is 8.98. The van der Waals surface area contributed by atoms with Crippen LogP contribution in [0.2, 0.25) is 0 Å². The van der Waals surface area contributed by atoms with Gasteiger partial charge >= 0.3 is 0 Å². The topological polar surface area (TPSA) is 78.8 Å². The van der Waals surface area contributed by atoms with E-state index in [1.807, 2.05) is 24.3 Å². The molecule has 0 aromatic heterocycles. The molecule has 0 bridgehead atoms. The van der Waals surface area contributed by atoms with Crippen LogP contribution in [0.15, 0.2) is 24.3 Å². The summed E-state index contributed by atoms with van der Waals surface area (Å²) in [5, 5.41) is 22.7. The summed E-state index contributed by atoms with van der Waals surface area (Å²) < 4.78 is 5.12. The average molecular weight is 450 g/mol. The lowest BCUT2D eigenvalue weighted by atomic mass is 10.0. The van der Waals surface area contributed by atoms with Crippen molar-refractivity contribution in [3.63, 3.8) is 0 Å². The van der Waals surface area contributed by atoms with Crippen LogP contribution in [-0.2, 0) is 11.2 Å². The maximum atomic E-state index is 12.3. The fourth-order valence-electron chi connectivity index (χ4n) is 4.02. The third-order valence-corrected chi connectivity index (χ3v) is 6.13. The quantitative estimate of drug-likeness (QED) is 0.228. The molecule has 0 radical (unpaired) electrons. The van der Waals surface area contributed by atoms with E-state index < -0.39 is 12.1 Å². The van der Waals surface area contributed by atoms with Gasteiger partial charge in [0.15, 0.2) is 0 Å². The van der Waals surface area contributed by atoms with Crippen LogP contribution < -0.4 is 10.1 Å². The molecule has 1 aromatic carbocycles. The van der Waals surface area contributed by atoms with Crippen LogP contribution in [0, 0.1) is 0 Å². The molecular weight excluding hydrogens is 402 g/mol. The molecule has 1 amide bonds. The molecular formula is C27H47NO4. The first-order valence-corrected chi connectivity index (χ1v) is 12.8. The standard InChI is InChI=1S/C27H47NO4/c1-3-4-5-6-7-8-9-10-11-12-13-14-15-16-26(30)25(22-29)28-27(31)21-23-17-19-24(32-2)20-18-23/h17-20,25-26,29-30H,3-16,21-22H2,1-2H3,(H,28,31)/t25-,26?/m0/s1. The van der Waals surface area contributed by atoms with Crippen molar-refractivity contribution in [2.75, 3.05) is 13.7 Å². The number of aliphatic hydroxyl groups excluding tert-OH is 2. The highest BCUT2D eigenvalue weighted by molar-refractivity contribution is 5.79. The van der Waals surface area contributed by atoms with E-state index in [0.29, 0.717) is 6.42 Å². The Bertz CT molecular complexity index is 576. The Morgan fingerprint density at radius 2 is 1.38 bits per heavy atom. The molecule has 0 saturated carbocycles. The normalized spacial score (nSPS) is 13.0. The molecule has 3 N–H and O–H groups in total. The Kier molecular flexibility index (Phi) is 16.8. The lowest BCUT2D eigenvalue weighted by molar-refractivity contribution is -0.122. The van der Waals surface area contributed by atoms with Crippen LogP contribution in [0.3, 0.4) is 0 Å². The van der Waals surface area contributed by atoms with Gasteiger partial charge in [0.05, 0.1) is 32.3 Å². The van der Waals surface area contributed by atoms with Crippen molar-refractivity contribution >= 4 is 5.91 Å². The summed E-state index contributed by atoms with van der Waals surface area (Å²) in [6, 6.07) is 6.70. The largest absolute Gasteiger partial charge is 0.497 e. The molecule has 32 heavy (non-hydrogen) atoms. The van der Waals surface area contributed by atoms with Crippen molar-refractivity contribution in [2.45, 2.75) is 115 Å². The summed E-state index contributed by atoms with van der Waals surface area (Å²) in [4.78, 5) is 12.3. The first-order chi connectivity index (χ1) is 15.6. The fraction of sp³-hybridized carbons (Fsp3) is 0.741. The molecule has 0 fully saturated rings. The zero-order valence-corrected chi connectivity index (χ0v) is 20.5. The van der Waals surface area contributed by atoms with E-state index in [0.717, 1.165) is 24.2 Å². The lowest BCUT2D eigenvalue weighted by Gasteiger charge is -2.22. The molecule has 1 rings (SSSR count). The second kappa shape index (κ2) is 18.9. The van der Waals surface area contributed by atoms with E-state index in [-0.39, 0.29) is 18.9 Å². The highest BCUT2D eigenvalue weighted by Gasteiger charge is 2.20. The predicted octanol–water partition coefficient (Wildman–Crippen LogP) is 5.56. The summed E-state index contributed by atoms with van der Waals surface area (Å²) in [5.74, 6) is 0.550. The molecule has 0 heterocycles. The smallest absolute Gasteiger partial charge is 0.224 e. The average Bonchev–Trinajstić information content (AvgIpc) is 2.80. The van der Waals surface area contributed by atoms with Gasteiger partial charge in [0.2, 0.25) is 5.91 Å². The van der Waals surface area contributed by atoms with Crippen LogP contribution in [0.1, 0.15) is 102 Å². The van der Waals surface area contributed by atoms with Gasteiger partial charge in [-0.1, -0.05) is 103 Å². The molecule has 184 valence electrons. The van der Waals surface area contributed by atoms with Gasteiger partial charge in [-0.3, -0.25) is 4.79 Å². The minimum absolute atomic E-state index is 0.196. The Morgan fingerprint density at radius 1 is 0.875 bits per heavy atom. The zero-order valence-electron chi connectivity index (χ0n) is 20.5. The van der Waals surface area contributed by atoms with E-state index in [9.17, 15) is 15.0 Å². The molecule has 0 aliphatic heterocycles. The number of carbonyl (C=O) groups excluding carboxylic acids is 1. The van der Waals surface area contributed by atoms with E-state index in [1.54, 1.807) is 7.11 Å². The van der Waals surface area contributed by atoms with Crippen molar-refractivity contribution in [1.82, 2.24) is 5.32 Å². The van der Waals surface area contributed by atoms with Gasteiger partial charge in [0.1, 0.15) is 5.75 Å². The number of nitrogens with one attached hydrogen (secondary N) is 1. The number of benzene rings is 1. The van der Waals surface area contributed by atoms with Crippen molar-refractivity contribution < 1.29 is 19.7 Å². The fourth-order valence-corrected chi connectivity index (χ4v) is 4.02. The molecule has 0 aliphatic rings. The molecule has 1 aromatic rings. The number of unbranched alkanes of at least 4 members (excludes halogenated alkanes) is 12. The third kappa shape index (κ3) is 13.7. The summed E-state index contributed by atoms with van der Waals surface area (Å²) in [6.45, 7) is 2.00. The van der Waals surface area contributed by atoms with Crippen LogP contribution >= 0.6 is 0 Å². The number of amides is 1. The van der Waals surface area contributed by atoms with Gasteiger partial charge < -0.3 is 20.3 Å². The molecule has 0 aliphatic carbocycles. The molecule has 0 saturated heterocycles. The van der Waals surface area contributed by atoms with Gasteiger partial charge in [-0.15, -0.1) is 0 Å². The minimum atomic E-state index is -0.715. The van der Waals surface area contributed by atoms with Crippen molar-refractivity contribution in [2.24, 2.45) is 0 Å². The van der Waals surface area contributed by atoms with Gasteiger partial charge in [0, 0.05) is 0 Å². The van der Waals surface area contributed by atoms with Crippen LogP contribution in [-0.4, -0.2) is 42.0 Å². The van der Waals surface area contributed by atoms with Crippen molar-refractivity contribution in [3.8, 4) is 5.75 Å². The third-order valence-electron chi connectivity index (χ3n) is 6.13. The van der Waals surface area contributed by atoms with E-state index in [1.165, 1.54) is 70.6 Å². The Morgan fingerprint density at radius 3 is 1.84 bits per heavy atom. The van der Waals surface area contributed by atoms with E-state index in [4.69, 9.17) is 4.74 Å². The Balaban J connectivity index is 2.07. The van der Waals surface area contributed by atoms with Gasteiger partial charge in [-0.25, -0.2) is 0 Å². The molecule has 0 spiro atoms. The van der Waals surface area contributed by atoms with Gasteiger partial charge in [0.25, 0.3) is 0 Å². The number of hydrogen-bond donors (Lipinski definition) is 3. The number of rotatable bonds is 20. The second-order valence-corrected chi connectivity index (χ2v) is 8.98. The van der Waals surface area contributed by atoms with Crippen LogP contribution in [0.4, 0.5) is 0 Å². The number of methoxy groups -OCH3 is 1. The first-order valence-electron chi connectivity index (χ1n) is 12.8. The highest BCUT2D eigenvalue weighted by atomic mass is 16.5.